The molecule has 26 heavy (non-hydrogen) atoms. The van der Waals surface area contributed by atoms with E-state index in [-0.39, 0.29) is 0 Å². The summed E-state index contributed by atoms with van der Waals surface area (Å²) in [5, 5.41) is 0. The molecule has 0 heterocycles. The summed E-state index contributed by atoms with van der Waals surface area (Å²) in [5.41, 5.74) is 0. The Kier molecular flexibility index (Phi) is 10.5. The molecule has 0 radical (unpaired) electrons. The lowest BCUT2D eigenvalue weighted by Crippen LogP contribution is -2.50. The van der Waals surface area contributed by atoms with E-state index in [1.807, 2.05) is 0 Å². The maximum absolute atomic E-state index is 5.41. The SMILES string of the molecule is CCCCCN(C(=NC1CCCCC1)N(C)CCCC)C1CCCCC1. The maximum atomic E-state index is 5.41. The van der Waals surface area contributed by atoms with Crippen molar-refractivity contribution >= 4 is 5.96 Å². The molecule has 0 aromatic rings. The molecule has 2 fully saturated rings. The molecule has 0 amide bonds. The van der Waals surface area contributed by atoms with E-state index < -0.39 is 0 Å². The van der Waals surface area contributed by atoms with Crippen LogP contribution in [0.1, 0.15) is 110 Å². The Labute approximate surface area is 163 Å². The summed E-state index contributed by atoms with van der Waals surface area (Å²) in [6, 6.07) is 1.30. The first-order chi connectivity index (χ1) is 12.8. The summed E-state index contributed by atoms with van der Waals surface area (Å²) >= 11 is 0. The van der Waals surface area contributed by atoms with Gasteiger partial charge in [0.1, 0.15) is 0 Å². The van der Waals surface area contributed by atoms with Crippen LogP contribution in [0, 0.1) is 0 Å². The van der Waals surface area contributed by atoms with Crippen LogP contribution in [-0.4, -0.2) is 48.0 Å². The van der Waals surface area contributed by atoms with Gasteiger partial charge in [-0.05, 0) is 38.5 Å². The molecule has 2 aliphatic rings. The Bertz CT molecular complexity index is 381. The lowest BCUT2D eigenvalue weighted by Gasteiger charge is -2.40. The zero-order chi connectivity index (χ0) is 18.6. The molecule has 0 aromatic heterocycles. The highest BCUT2D eigenvalue weighted by Gasteiger charge is 2.27. The van der Waals surface area contributed by atoms with E-state index in [0.29, 0.717) is 6.04 Å². The minimum atomic E-state index is 0.570. The Morgan fingerprint density at radius 1 is 0.769 bits per heavy atom. The van der Waals surface area contributed by atoms with E-state index in [1.165, 1.54) is 109 Å². The molecule has 2 rings (SSSR count). The number of hydrogen-bond acceptors (Lipinski definition) is 1. The lowest BCUT2D eigenvalue weighted by atomic mass is 9.93. The number of nitrogens with zero attached hydrogens (tertiary/aromatic N) is 3. The summed E-state index contributed by atoms with van der Waals surface area (Å²) in [7, 11) is 2.30. The predicted molar refractivity (Wildman–Crippen MR) is 115 cm³/mol. The van der Waals surface area contributed by atoms with E-state index in [4.69, 9.17) is 4.99 Å². The standard InChI is InChI=1S/C23H45N3/c1-4-6-14-20-26(22-17-12-9-13-18-22)23(25(3)19-7-5-2)24-21-15-10-8-11-16-21/h21-22H,4-20H2,1-3H3. The maximum Gasteiger partial charge on any atom is 0.196 e. The van der Waals surface area contributed by atoms with Crippen molar-refractivity contribution in [2.75, 3.05) is 20.1 Å². The van der Waals surface area contributed by atoms with Gasteiger partial charge in [-0.25, -0.2) is 4.99 Å². The normalized spacial score (nSPS) is 20.3. The molecule has 0 saturated heterocycles. The van der Waals surface area contributed by atoms with E-state index in [2.05, 4.69) is 30.7 Å². The van der Waals surface area contributed by atoms with Crippen LogP contribution in [0.4, 0.5) is 0 Å². The van der Waals surface area contributed by atoms with Crippen LogP contribution in [0.25, 0.3) is 0 Å². The van der Waals surface area contributed by atoms with Gasteiger partial charge in [0, 0.05) is 26.2 Å². The third-order valence-corrected chi connectivity index (χ3v) is 6.34. The van der Waals surface area contributed by atoms with Crippen LogP contribution >= 0.6 is 0 Å². The van der Waals surface area contributed by atoms with Gasteiger partial charge in [-0.2, -0.15) is 0 Å². The highest BCUT2D eigenvalue weighted by atomic mass is 15.4. The molecule has 0 aromatic carbocycles. The summed E-state index contributed by atoms with van der Waals surface area (Å²) in [6.07, 6.45) is 20.3. The second kappa shape index (κ2) is 12.6. The predicted octanol–water partition coefficient (Wildman–Crippen LogP) is 6.23. The van der Waals surface area contributed by atoms with Gasteiger partial charge in [-0.3, -0.25) is 0 Å². The van der Waals surface area contributed by atoms with E-state index in [9.17, 15) is 0 Å². The van der Waals surface area contributed by atoms with Crippen LogP contribution in [-0.2, 0) is 0 Å². The first kappa shape index (κ1) is 21.6. The third-order valence-electron chi connectivity index (χ3n) is 6.34. The van der Waals surface area contributed by atoms with Crippen LogP contribution in [0.2, 0.25) is 0 Å². The van der Waals surface area contributed by atoms with E-state index in [1.54, 1.807) is 0 Å². The zero-order valence-electron chi connectivity index (χ0n) is 18.0. The molecule has 0 aliphatic heterocycles. The van der Waals surface area contributed by atoms with Crippen molar-refractivity contribution < 1.29 is 0 Å². The summed E-state index contributed by atoms with van der Waals surface area (Å²) in [4.78, 5) is 10.7. The Morgan fingerprint density at radius 3 is 2.00 bits per heavy atom. The number of unbranched alkanes of at least 4 members (excludes halogenated alkanes) is 3. The minimum Gasteiger partial charge on any atom is -0.346 e. The summed E-state index contributed by atoms with van der Waals surface area (Å²) in [6.45, 7) is 6.97. The van der Waals surface area contributed by atoms with Gasteiger partial charge in [-0.15, -0.1) is 0 Å². The monoisotopic (exact) mass is 363 g/mol. The van der Waals surface area contributed by atoms with Crippen molar-refractivity contribution in [3.8, 4) is 0 Å². The largest absolute Gasteiger partial charge is 0.346 e. The highest BCUT2D eigenvalue weighted by Crippen LogP contribution is 2.26. The quantitative estimate of drug-likeness (QED) is 0.274. The molecule has 0 unspecified atom stereocenters. The van der Waals surface area contributed by atoms with E-state index in [0.717, 1.165) is 12.6 Å². The van der Waals surface area contributed by atoms with Gasteiger partial charge in [0.05, 0.1) is 6.04 Å². The Morgan fingerprint density at radius 2 is 1.38 bits per heavy atom. The molecule has 0 bridgehead atoms. The molecule has 2 saturated carbocycles. The second-order valence-electron chi connectivity index (χ2n) is 8.69. The van der Waals surface area contributed by atoms with Crippen LogP contribution in [0.15, 0.2) is 4.99 Å². The fourth-order valence-corrected chi connectivity index (χ4v) is 4.63. The molecular formula is C23H45N3. The van der Waals surface area contributed by atoms with Gasteiger partial charge in [0.15, 0.2) is 5.96 Å². The number of aliphatic imine (C=N–C) groups is 1. The van der Waals surface area contributed by atoms with Crippen molar-refractivity contribution in [2.45, 2.75) is 122 Å². The molecular weight excluding hydrogens is 318 g/mol. The summed E-state index contributed by atoms with van der Waals surface area (Å²) < 4.78 is 0. The molecule has 3 nitrogen and oxygen atoms in total. The van der Waals surface area contributed by atoms with Gasteiger partial charge >= 0.3 is 0 Å². The molecule has 3 heteroatoms. The Hall–Kier alpha value is -0.730. The topological polar surface area (TPSA) is 18.8 Å². The number of hydrogen-bond donors (Lipinski definition) is 0. The van der Waals surface area contributed by atoms with Crippen molar-refractivity contribution in [2.24, 2.45) is 4.99 Å². The average molecular weight is 364 g/mol. The Balaban J connectivity index is 2.17. The molecule has 0 atom stereocenters. The van der Waals surface area contributed by atoms with Crippen LogP contribution in [0.5, 0.6) is 0 Å². The van der Waals surface area contributed by atoms with Crippen molar-refractivity contribution in [1.82, 2.24) is 9.80 Å². The summed E-state index contributed by atoms with van der Waals surface area (Å²) in [5.74, 6) is 1.34. The average Bonchev–Trinajstić information content (AvgIpc) is 2.69. The first-order valence-electron chi connectivity index (χ1n) is 11.8. The molecule has 0 N–H and O–H groups in total. The highest BCUT2D eigenvalue weighted by molar-refractivity contribution is 5.80. The fourth-order valence-electron chi connectivity index (χ4n) is 4.63. The third kappa shape index (κ3) is 7.12. The van der Waals surface area contributed by atoms with Crippen molar-refractivity contribution in [3.05, 3.63) is 0 Å². The van der Waals surface area contributed by atoms with Crippen LogP contribution in [0.3, 0.4) is 0 Å². The number of rotatable bonds is 9. The first-order valence-corrected chi connectivity index (χ1v) is 11.8. The van der Waals surface area contributed by atoms with Crippen molar-refractivity contribution in [1.29, 1.82) is 0 Å². The molecule has 152 valence electrons. The van der Waals surface area contributed by atoms with Crippen molar-refractivity contribution in [3.63, 3.8) is 0 Å². The minimum absolute atomic E-state index is 0.570. The van der Waals surface area contributed by atoms with Gasteiger partial charge in [0.25, 0.3) is 0 Å². The van der Waals surface area contributed by atoms with Gasteiger partial charge in [0.2, 0.25) is 0 Å². The number of guanidine groups is 1. The fraction of sp³-hybridized carbons (Fsp3) is 0.957. The zero-order valence-corrected chi connectivity index (χ0v) is 18.0. The van der Waals surface area contributed by atoms with E-state index >= 15 is 0 Å². The van der Waals surface area contributed by atoms with Crippen LogP contribution < -0.4 is 0 Å². The second-order valence-corrected chi connectivity index (χ2v) is 8.69. The lowest BCUT2D eigenvalue weighted by molar-refractivity contribution is 0.212. The molecule has 0 spiro atoms. The van der Waals surface area contributed by atoms with Gasteiger partial charge < -0.3 is 9.80 Å². The molecule has 2 aliphatic carbocycles. The smallest absolute Gasteiger partial charge is 0.196 e. The van der Waals surface area contributed by atoms with Gasteiger partial charge in [-0.1, -0.05) is 71.6 Å².